The number of benzene rings is 1. The quantitative estimate of drug-likeness (QED) is 0.920. The van der Waals surface area contributed by atoms with Gasteiger partial charge >= 0.3 is 0 Å². The summed E-state index contributed by atoms with van der Waals surface area (Å²) < 4.78 is 6.40. The van der Waals surface area contributed by atoms with Gasteiger partial charge in [0.1, 0.15) is 5.75 Å². The molecule has 0 radical (unpaired) electrons. The van der Waals surface area contributed by atoms with E-state index in [0.717, 1.165) is 10.9 Å². The Morgan fingerprint density at radius 3 is 3.05 bits per heavy atom. The zero-order valence-electron chi connectivity index (χ0n) is 10.9. The van der Waals surface area contributed by atoms with Crippen LogP contribution in [0.1, 0.15) is 13.3 Å². The van der Waals surface area contributed by atoms with E-state index >= 15 is 0 Å². The van der Waals surface area contributed by atoms with Crippen LogP contribution in [0.4, 0.5) is 0 Å². The summed E-state index contributed by atoms with van der Waals surface area (Å²) in [6.07, 6.45) is 0.504. The zero-order valence-corrected chi connectivity index (χ0v) is 12.5. The Morgan fingerprint density at radius 2 is 2.42 bits per heavy atom. The van der Waals surface area contributed by atoms with E-state index in [9.17, 15) is 9.90 Å². The fourth-order valence-electron chi connectivity index (χ4n) is 2.20. The summed E-state index contributed by atoms with van der Waals surface area (Å²) in [5.74, 6) is 0.840. The van der Waals surface area contributed by atoms with Crippen molar-refractivity contribution in [1.29, 1.82) is 0 Å². The minimum Gasteiger partial charge on any atom is -0.484 e. The molecule has 1 N–H and O–H groups in total. The maximum absolute atomic E-state index is 12.0. The Hall–Kier alpha value is -1.07. The van der Waals surface area contributed by atoms with E-state index in [1.807, 2.05) is 24.3 Å². The second-order valence-electron chi connectivity index (χ2n) is 4.88. The first-order chi connectivity index (χ1) is 9.06. The molecule has 0 bridgehead atoms. The van der Waals surface area contributed by atoms with Crippen LogP contribution >= 0.6 is 15.9 Å². The van der Waals surface area contributed by atoms with Crippen LogP contribution in [0.5, 0.6) is 5.75 Å². The fourth-order valence-corrected chi connectivity index (χ4v) is 2.58. The number of halogens is 1. The summed E-state index contributed by atoms with van der Waals surface area (Å²) in [6.45, 7) is 3.15. The van der Waals surface area contributed by atoms with Gasteiger partial charge in [0, 0.05) is 23.5 Å². The van der Waals surface area contributed by atoms with Gasteiger partial charge in [0.25, 0.3) is 5.91 Å². The first kappa shape index (κ1) is 14.3. The highest BCUT2D eigenvalue weighted by atomic mass is 79.9. The lowest BCUT2D eigenvalue weighted by Crippen LogP contribution is -2.34. The molecular weight excluding hydrogens is 310 g/mol. The smallest absolute Gasteiger partial charge is 0.260 e. The van der Waals surface area contributed by atoms with Gasteiger partial charge in [0.2, 0.25) is 0 Å². The number of aliphatic hydroxyl groups excluding tert-OH is 1. The first-order valence-corrected chi connectivity index (χ1v) is 7.20. The van der Waals surface area contributed by atoms with E-state index in [4.69, 9.17) is 4.74 Å². The van der Waals surface area contributed by atoms with Crippen LogP contribution < -0.4 is 4.74 Å². The minimum atomic E-state index is -0.358. The van der Waals surface area contributed by atoms with Gasteiger partial charge in [-0.15, -0.1) is 0 Å². The largest absolute Gasteiger partial charge is 0.484 e. The molecule has 1 saturated heterocycles. The Balaban J connectivity index is 1.82. The number of likely N-dealkylation sites (tertiary alicyclic amines) is 1. The number of carbonyl (C=O) groups excluding carboxylic acids is 1. The van der Waals surface area contributed by atoms with Crippen molar-refractivity contribution >= 4 is 21.8 Å². The van der Waals surface area contributed by atoms with E-state index in [2.05, 4.69) is 15.9 Å². The maximum atomic E-state index is 12.0. The summed E-state index contributed by atoms with van der Waals surface area (Å²) >= 11 is 3.36. The maximum Gasteiger partial charge on any atom is 0.260 e. The van der Waals surface area contributed by atoms with Crippen molar-refractivity contribution < 1.29 is 14.6 Å². The summed E-state index contributed by atoms with van der Waals surface area (Å²) in [6, 6.07) is 7.42. The van der Waals surface area contributed by atoms with Crippen LogP contribution in [0, 0.1) is 5.92 Å². The summed E-state index contributed by atoms with van der Waals surface area (Å²) in [5, 5.41) is 9.52. The van der Waals surface area contributed by atoms with E-state index in [1.54, 1.807) is 11.8 Å². The number of aliphatic hydroxyl groups is 1. The van der Waals surface area contributed by atoms with E-state index in [-0.39, 0.29) is 24.5 Å². The van der Waals surface area contributed by atoms with Gasteiger partial charge in [-0.1, -0.05) is 22.0 Å². The number of hydrogen-bond acceptors (Lipinski definition) is 3. The van der Waals surface area contributed by atoms with Gasteiger partial charge in [-0.3, -0.25) is 4.79 Å². The summed E-state index contributed by atoms with van der Waals surface area (Å²) in [5.41, 5.74) is 0. The third-order valence-corrected chi connectivity index (χ3v) is 3.91. The molecule has 1 aliphatic rings. The topological polar surface area (TPSA) is 49.8 Å². The van der Waals surface area contributed by atoms with Crippen LogP contribution in [-0.4, -0.2) is 41.7 Å². The van der Waals surface area contributed by atoms with Crippen LogP contribution in [-0.2, 0) is 4.79 Å². The highest BCUT2D eigenvalue weighted by Crippen LogP contribution is 2.21. The Kier molecular flexibility index (Phi) is 4.82. The van der Waals surface area contributed by atoms with Gasteiger partial charge in [-0.2, -0.15) is 0 Å². The third kappa shape index (κ3) is 3.94. The summed E-state index contributed by atoms with van der Waals surface area (Å²) in [4.78, 5) is 13.7. The molecule has 104 valence electrons. The lowest BCUT2D eigenvalue weighted by atomic mass is 10.0. The number of carbonyl (C=O) groups is 1. The second kappa shape index (κ2) is 6.39. The Morgan fingerprint density at radius 1 is 1.63 bits per heavy atom. The average molecular weight is 328 g/mol. The molecule has 0 saturated carbocycles. The molecule has 19 heavy (non-hydrogen) atoms. The molecular formula is C14H18BrNO3. The van der Waals surface area contributed by atoms with Gasteiger partial charge in [-0.25, -0.2) is 0 Å². The second-order valence-corrected chi connectivity index (χ2v) is 5.79. The van der Waals surface area contributed by atoms with Gasteiger partial charge in [0.05, 0.1) is 6.10 Å². The Labute approximate surface area is 121 Å². The molecule has 1 aliphatic heterocycles. The van der Waals surface area contributed by atoms with Gasteiger partial charge < -0.3 is 14.7 Å². The fraction of sp³-hybridized carbons (Fsp3) is 0.500. The van der Waals surface area contributed by atoms with E-state index < -0.39 is 0 Å². The molecule has 0 spiro atoms. The van der Waals surface area contributed by atoms with Crippen molar-refractivity contribution in [3.05, 3.63) is 28.7 Å². The molecule has 4 nitrogen and oxygen atoms in total. The van der Waals surface area contributed by atoms with Crippen molar-refractivity contribution in [3.63, 3.8) is 0 Å². The standard InChI is InChI=1S/C14H18BrNO3/c1-10(17)11-5-6-16(8-11)14(18)9-19-13-4-2-3-12(15)7-13/h2-4,7,10-11,17H,5-6,8-9H2,1H3. The Bertz CT molecular complexity index is 450. The van der Waals surface area contributed by atoms with Crippen LogP contribution in [0.15, 0.2) is 28.7 Å². The number of ether oxygens (including phenoxy) is 1. The average Bonchev–Trinajstić information content (AvgIpc) is 2.86. The summed E-state index contributed by atoms with van der Waals surface area (Å²) in [7, 11) is 0. The number of amides is 1. The number of hydrogen-bond donors (Lipinski definition) is 1. The number of rotatable bonds is 4. The lowest BCUT2D eigenvalue weighted by molar-refractivity contribution is -0.132. The van der Waals surface area contributed by atoms with Crippen LogP contribution in [0.3, 0.4) is 0 Å². The molecule has 2 atom stereocenters. The first-order valence-electron chi connectivity index (χ1n) is 6.40. The van der Waals surface area contributed by atoms with Crippen molar-refractivity contribution in [3.8, 4) is 5.75 Å². The molecule has 1 fully saturated rings. The van der Waals surface area contributed by atoms with Crippen LogP contribution in [0.25, 0.3) is 0 Å². The lowest BCUT2D eigenvalue weighted by Gasteiger charge is -2.18. The normalized spacial score (nSPS) is 20.4. The molecule has 2 unspecified atom stereocenters. The van der Waals surface area contributed by atoms with Crippen molar-refractivity contribution in [2.45, 2.75) is 19.4 Å². The molecule has 5 heteroatoms. The van der Waals surface area contributed by atoms with Crippen molar-refractivity contribution in [1.82, 2.24) is 4.90 Å². The SMILES string of the molecule is CC(O)C1CCN(C(=O)COc2cccc(Br)c2)C1. The van der Waals surface area contributed by atoms with E-state index in [1.165, 1.54) is 0 Å². The van der Waals surface area contributed by atoms with E-state index in [0.29, 0.717) is 18.8 Å². The molecule has 0 aromatic heterocycles. The molecule has 1 amide bonds. The van der Waals surface area contributed by atoms with Gasteiger partial charge in [0.15, 0.2) is 6.61 Å². The predicted molar refractivity (Wildman–Crippen MR) is 76.0 cm³/mol. The number of nitrogens with zero attached hydrogens (tertiary/aromatic N) is 1. The molecule has 1 aromatic rings. The highest BCUT2D eigenvalue weighted by Gasteiger charge is 2.29. The third-order valence-electron chi connectivity index (χ3n) is 3.42. The van der Waals surface area contributed by atoms with Crippen molar-refractivity contribution in [2.24, 2.45) is 5.92 Å². The molecule has 0 aliphatic carbocycles. The minimum absolute atomic E-state index is 0.0249. The van der Waals surface area contributed by atoms with Crippen molar-refractivity contribution in [2.75, 3.05) is 19.7 Å². The molecule has 2 rings (SSSR count). The highest BCUT2D eigenvalue weighted by molar-refractivity contribution is 9.10. The van der Waals surface area contributed by atoms with Gasteiger partial charge in [-0.05, 0) is 31.5 Å². The predicted octanol–water partition coefficient (Wildman–Crippen LogP) is 2.06. The molecule has 1 heterocycles. The molecule has 1 aromatic carbocycles. The zero-order chi connectivity index (χ0) is 13.8. The monoisotopic (exact) mass is 327 g/mol. The van der Waals surface area contributed by atoms with Crippen LogP contribution in [0.2, 0.25) is 0 Å².